The highest BCUT2D eigenvalue weighted by Gasteiger charge is 2.20. The summed E-state index contributed by atoms with van der Waals surface area (Å²) >= 11 is 0. The van der Waals surface area contributed by atoms with Crippen LogP contribution in [0.1, 0.15) is 46.4 Å². The lowest BCUT2D eigenvalue weighted by Crippen LogP contribution is -2.26. The Morgan fingerprint density at radius 2 is 1.12 bits per heavy atom. The van der Waals surface area contributed by atoms with Crippen LogP contribution in [-0.2, 0) is 0 Å². The minimum absolute atomic E-state index is 0.237. The molecule has 1 rings (SSSR count). The fraction of sp³-hybridized carbons (Fsp3) is 0.571. The lowest BCUT2D eigenvalue weighted by Gasteiger charge is -2.24. The molecule has 0 aliphatic rings. The monoisotopic (exact) mass is 221 g/mol. The van der Waals surface area contributed by atoms with Crippen molar-refractivity contribution >= 4 is 0 Å². The number of aliphatic hydroxyl groups excluding tert-OH is 1. The lowest BCUT2D eigenvalue weighted by molar-refractivity contribution is 0.152. The van der Waals surface area contributed by atoms with Gasteiger partial charge >= 0.3 is 0 Å². The summed E-state index contributed by atoms with van der Waals surface area (Å²) in [5.74, 6) is 0. The molecule has 16 heavy (non-hydrogen) atoms. The quantitative estimate of drug-likeness (QED) is 0.806. The predicted octanol–water partition coefficient (Wildman–Crippen LogP) is 2.61. The highest BCUT2D eigenvalue weighted by atomic mass is 16.3. The fourth-order valence-corrected chi connectivity index (χ4v) is 2.24. The molecule has 0 aromatic heterocycles. The zero-order valence-corrected chi connectivity index (χ0v) is 11.2. The fourth-order valence-electron chi connectivity index (χ4n) is 2.24. The highest BCUT2D eigenvalue weighted by Crippen LogP contribution is 2.31. The van der Waals surface area contributed by atoms with Gasteiger partial charge in [-0.2, -0.15) is 0 Å². The van der Waals surface area contributed by atoms with Crippen molar-refractivity contribution in [3.63, 3.8) is 0 Å². The van der Waals surface area contributed by atoms with Gasteiger partial charge in [0.25, 0.3) is 0 Å². The highest BCUT2D eigenvalue weighted by molar-refractivity contribution is 5.50. The molecule has 0 aliphatic heterocycles. The third-order valence-electron chi connectivity index (χ3n) is 3.85. The molecule has 2 atom stereocenters. The van der Waals surface area contributed by atoms with Crippen LogP contribution >= 0.6 is 0 Å². The van der Waals surface area contributed by atoms with E-state index in [1.165, 1.54) is 27.8 Å². The molecule has 1 aromatic carbocycles. The Balaban J connectivity index is 3.51. The number of nitrogens with two attached hydrogens (primary N) is 1. The topological polar surface area (TPSA) is 46.2 Å². The Morgan fingerprint density at radius 3 is 1.44 bits per heavy atom. The van der Waals surface area contributed by atoms with Crippen molar-refractivity contribution in [2.45, 2.75) is 53.7 Å². The third kappa shape index (κ3) is 2.00. The molecule has 1 aromatic rings. The van der Waals surface area contributed by atoms with E-state index in [4.69, 9.17) is 5.73 Å². The van der Waals surface area contributed by atoms with Crippen LogP contribution in [0.15, 0.2) is 0 Å². The van der Waals surface area contributed by atoms with Crippen LogP contribution in [0.25, 0.3) is 0 Å². The maximum atomic E-state index is 10.2. The molecule has 0 spiro atoms. The smallest absolute Gasteiger partial charge is 0.0943 e. The number of rotatable bonds is 2. The van der Waals surface area contributed by atoms with Crippen LogP contribution in [0, 0.1) is 34.6 Å². The minimum atomic E-state index is -0.571. The summed E-state index contributed by atoms with van der Waals surface area (Å²) in [4.78, 5) is 0. The SMILES string of the molecule is Cc1c(C)c(C)c([C@@H](O)[C@H](C)N)c(C)c1C. The Bertz CT molecular complexity index is 379. The van der Waals surface area contributed by atoms with Crippen molar-refractivity contribution < 1.29 is 5.11 Å². The van der Waals surface area contributed by atoms with Gasteiger partial charge in [0.2, 0.25) is 0 Å². The first-order valence-corrected chi connectivity index (χ1v) is 5.79. The summed E-state index contributed by atoms with van der Waals surface area (Å²) in [6.45, 7) is 12.3. The van der Waals surface area contributed by atoms with E-state index < -0.39 is 6.10 Å². The summed E-state index contributed by atoms with van der Waals surface area (Å²) in [5, 5.41) is 10.2. The molecule has 0 amide bonds. The molecule has 2 heteroatoms. The van der Waals surface area contributed by atoms with Crippen molar-refractivity contribution in [2.24, 2.45) is 5.73 Å². The van der Waals surface area contributed by atoms with Crippen molar-refractivity contribution in [3.05, 3.63) is 33.4 Å². The molecule has 0 unspecified atom stereocenters. The number of benzene rings is 1. The predicted molar refractivity (Wildman–Crippen MR) is 68.7 cm³/mol. The van der Waals surface area contributed by atoms with Gasteiger partial charge in [-0.05, 0) is 74.9 Å². The van der Waals surface area contributed by atoms with Crippen LogP contribution in [0.3, 0.4) is 0 Å². The maximum Gasteiger partial charge on any atom is 0.0943 e. The van der Waals surface area contributed by atoms with Gasteiger partial charge in [-0.1, -0.05) is 0 Å². The second-order valence-electron chi connectivity index (χ2n) is 4.84. The van der Waals surface area contributed by atoms with E-state index in [-0.39, 0.29) is 6.04 Å². The summed E-state index contributed by atoms with van der Waals surface area (Å²) < 4.78 is 0. The molecule has 0 bridgehead atoms. The molecule has 0 saturated heterocycles. The molecule has 0 aliphatic carbocycles. The zero-order chi connectivity index (χ0) is 12.6. The molecule has 0 fully saturated rings. The van der Waals surface area contributed by atoms with Gasteiger partial charge < -0.3 is 10.8 Å². The van der Waals surface area contributed by atoms with Gasteiger partial charge in [0, 0.05) is 6.04 Å². The van der Waals surface area contributed by atoms with E-state index in [1.807, 2.05) is 6.92 Å². The van der Waals surface area contributed by atoms with E-state index in [9.17, 15) is 5.11 Å². The number of aliphatic hydroxyl groups is 1. The van der Waals surface area contributed by atoms with Gasteiger partial charge in [0.1, 0.15) is 0 Å². The molecule has 0 radical (unpaired) electrons. The normalized spacial score (nSPS) is 15.0. The molecule has 0 saturated carbocycles. The van der Waals surface area contributed by atoms with Crippen molar-refractivity contribution in [3.8, 4) is 0 Å². The van der Waals surface area contributed by atoms with Crippen molar-refractivity contribution in [1.82, 2.24) is 0 Å². The average Bonchev–Trinajstić information content (AvgIpc) is 2.23. The zero-order valence-electron chi connectivity index (χ0n) is 11.2. The van der Waals surface area contributed by atoms with Gasteiger partial charge in [0.05, 0.1) is 6.10 Å². The van der Waals surface area contributed by atoms with Crippen LogP contribution in [-0.4, -0.2) is 11.1 Å². The summed E-state index contributed by atoms with van der Waals surface area (Å²) in [6.07, 6.45) is -0.571. The number of hydrogen-bond donors (Lipinski definition) is 2. The van der Waals surface area contributed by atoms with E-state index in [1.54, 1.807) is 0 Å². The Kier molecular flexibility index (Phi) is 3.76. The second kappa shape index (κ2) is 4.56. The van der Waals surface area contributed by atoms with Gasteiger partial charge in [-0.25, -0.2) is 0 Å². The Labute approximate surface area is 98.5 Å². The maximum absolute atomic E-state index is 10.2. The molecule has 2 nitrogen and oxygen atoms in total. The van der Waals surface area contributed by atoms with E-state index in [0.29, 0.717) is 0 Å². The second-order valence-corrected chi connectivity index (χ2v) is 4.84. The molecule has 3 N–H and O–H groups in total. The van der Waals surface area contributed by atoms with E-state index in [2.05, 4.69) is 34.6 Å². The first-order valence-electron chi connectivity index (χ1n) is 5.79. The lowest BCUT2D eigenvalue weighted by atomic mass is 9.86. The minimum Gasteiger partial charge on any atom is -0.387 e. The average molecular weight is 221 g/mol. The molecule has 0 heterocycles. The third-order valence-corrected chi connectivity index (χ3v) is 3.85. The van der Waals surface area contributed by atoms with Crippen LogP contribution in [0.2, 0.25) is 0 Å². The standard InChI is InChI=1S/C14H23NO/c1-7-8(2)10(4)13(11(5)9(7)3)14(16)12(6)15/h12,14,16H,15H2,1-6H3/t12-,14-/m0/s1. The Hall–Kier alpha value is -0.860. The largest absolute Gasteiger partial charge is 0.387 e. The number of hydrogen-bond acceptors (Lipinski definition) is 2. The summed E-state index contributed by atoms with van der Waals surface area (Å²) in [5.41, 5.74) is 13.0. The van der Waals surface area contributed by atoms with Crippen molar-refractivity contribution in [1.29, 1.82) is 0 Å². The van der Waals surface area contributed by atoms with E-state index >= 15 is 0 Å². The van der Waals surface area contributed by atoms with Crippen molar-refractivity contribution in [2.75, 3.05) is 0 Å². The molecular weight excluding hydrogens is 198 g/mol. The van der Waals surface area contributed by atoms with Crippen LogP contribution < -0.4 is 5.73 Å². The summed E-state index contributed by atoms with van der Waals surface area (Å²) in [7, 11) is 0. The first kappa shape index (κ1) is 13.2. The van der Waals surface area contributed by atoms with Crippen LogP contribution in [0.4, 0.5) is 0 Å². The van der Waals surface area contributed by atoms with Gasteiger partial charge in [-0.3, -0.25) is 0 Å². The first-order chi connectivity index (χ1) is 7.29. The van der Waals surface area contributed by atoms with Gasteiger partial charge in [-0.15, -0.1) is 0 Å². The van der Waals surface area contributed by atoms with E-state index in [0.717, 1.165) is 5.56 Å². The summed E-state index contributed by atoms with van der Waals surface area (Å²) in [6, 6.07) is -0.237. The van der Waals surface area contributed by atoms with Crippen LogP contribution in [0.5, 0.6) is 0 Å². The molecule has 90 valence electrons. The molecular formula is C14H23NO. The Morgan fingerprint density at radius 1 is 0.812 bits per heavy atom. The van der Waals surface area contributed by atoms with Gasteiger partial charge in [0.15, 0.2) is 0 Å².